The van der Waals surface area contributed by atoms with E-state index in [4.69, 9.17) is 9.15 Å². The fraction of sp³-hybridized carbons (Fsp3) is 0.429. The molecule has 0 unspecified atom stereocenters. The highest BCUT2D eigenvalue weighted by atomic mass is 16.5. The summed E-state index contributed by atoms with van der Waals surface area (Å²) in [6, 6.07) is 3.81. The van der Waals surface area contributed by atoms with Gasteiger partial charge in [-0.1, -0.05) is 0 Å². The Morgan fingerprint density at radius 3 is 2.65 bits per heavy atom. The molecule has 20 heavy (non-hydrogen) atoms. The molecule has 2 rings (SSSR count). The van der Waals surface area contributed by atoms with Gasteiger partial charge < -0.3 is 19.8 Å². The van der Waals surface area contributed by atoms with Gasteiger partial charge in [0.1, 0.15) is 18.2 Å². The second kappa shape index (κ2) is 7.49. The molecule has 2 aromatic rings. The van der Waals surface area contributed by atoms with Crippen molar-refractivity contribution < 1.29 is 9.15 Å². The smallest absolute Gasteiger partial charge is 0.158 e. The van der Waals surface area contributed by atoms with Crippen molar-refractivity contribution in [2.45, 2.75) is 27.0 Å². The van der Waals surface area contributed by atoms with Gasteiger partial charge in [0.05, 0.1) is 12.5 Å². The van der Waals surface area contributed by atoms with Crippen molar-refractivity contribution in [3.05, 3.63) is 36.0 Å². The number of furan rings is 1. The van der Waals surface area contributed by atoms with E-state index in [0.717, 1.165) is 23.7 Å². The minimum atomic E-state index is 0.413. The van der Waals surface area contributed by atoms with E-state index < -0.39 is 0 Å². The Morgan fingerprint density at radius 2 is 2.00 bits per heavy atom. The van der Waals surface area contributed by atoms with Crippen molar-refractivity contribution in [2.75, 3.05) is 23.8 Å². The van der Waals surface area contributed by atoms with Crippen molar-refractivity contribution in [1.29, 1.82) is 0 Å². The SMILES string of the molecule is CCNc1cc(NCc2ccoc2)nc(COCC)n1. The molecule has 0 spiro atoms. The van der Waals surface area contributed by atoms with E-state index in [-0.39, 0.29) is 0 Å². The van der Waals surface area contributed by atoms with E-state index in [1.165, 1.54) is 0 Å². The molecule has 6 nitrogen and oxygen atoms in total. The number of hydrogen-bond donors (Lipinski definition) is 2. The minimum absolute atomic E-state index is 0.413. The Labute approximate surface area is 118 Å². The maximum Gasteiger partial charge on any atom is 0.158 e. The molecule has 0 aliphatic rings. The highest BCUT2D eigenvalue weighted by molar-refractivity contribution is 5.47. The summed E-state index contributed by atoms with van der Waals surface area (Å²) in [5.74, 6) is 2.23. The summed E-state index contributed by atoms with van der Waals surface area (Å²) in [7, 11) is 0. The maximum atomic E-state index is 5.36. The van der Waals surface area contributed by atoms with Gasteiger partial charge in [0.2, 0.25) is 0 Å². The van der Waals surface area contributed by atoms with Gasteiger partial charge in [-0.25, -0.2) is 9.97 Å². The third-order valence-corrected chi connectivity index (χ3v) is 2.62. The highest BCUT2D eigenvalue weighted by Gasteiger charge is 2.05. The lowest BCUT2D eigenvalue weighted by atomic mass is 10.3. The number of nitrogens with zero attached hydrogens (tertiary/aromatic N) is 2. The highest BCUT2D eigenvalue weighted by Crippen LogP contribution is 2.13. The van der Waals surface area contributed by atoms with Gasteiger partial charge in [-0.2, -0.15) is 0 Å². The first-order chi connectivity index (χ1) is 9.81. The first kappa shape index (κ1) is 14.3. The molecular formula is C14H20N4O2. The second-order valence-electron chi connectivity index (χ2n) is 4.21. The van der Waals surface area contributed by atoms with Crippen molar-refractivity contribution in [1.82, 2.24) is 9.97 Å². The van der Waals surface area contributed by atoms with Crippen LogP contribution < -0.4 is 10.6 Å². The second-order valence-corrected chi connectivity index (χ2v) is 4.21. The summed E-state index contributed by atoms with van der Waals surface area (Å²) >= 11 is 0. The Morgan fingerprint density at radius 1 is 1.20 bits per heavy atom. The van der Waals surface area contributed by atoms with Crippen LogP contribution in [-0.2, 0) is 17.9 Å². The van der Waals surface area contributed by atoms with Gasteiger partial charge in [0.15, 0.2) is 5.82 Å². The summed E-state index contributed by atoms with van der Waals surface area (Å²) in [5, 5.41) is 6.45. The van der Waals surface area contributed by atoms with Crippen molar-refractivity contribution in [2.24, 2.45) is 0 Å². The zero-order chi connectivity index (χ0) is 14.2. The fourth-order valence-corrected chi connectivity index (χ4v) is 1.70. The van der Waals surface area contributed by atoms with Crippen LogP contribution in [0.4, 0.5) is 11.6 Å². The number of hydrogen-bond acceptors (Lipinski definition) is 6. The topological polar surface area (TPSA) is 72.2 Å². The van der Waals surface area contributed by atoms with Gasteiger partial charge in [-0.3, -0.25) is 0 Å². The summed E-state index contributed by atoms with van der Waals surface area (Å²) in [6.07, 6.45) is 3.36. The quantitative estimate of drug-likeness (QED) is 0.772. The largest absolute Gasteiger partial charge is 0.472 e. The van der Waals surface area contributed by atoms with Crippen LogP contribution in [0, 0.1) is 0 Å². The monoisotopic (exact) mass is 276 g/mol. The molecule has 0 fully saturated rings. The van der Waals surface area contributed by atoms with Gasteiger partial charge >= 0.3 is 0 Å². The van der Waals surface area contributed by atoms with Gasteiger partial charge in [0, 0.05) is 31.3 Å². The van der Waals surface area contributed by atoms with Crippen LogP contribution in [0.1, 0.15) is 25.2 Å². The zero-order valence-electron chi connectivity index (χ0n) is 11.8. The van der Waals surface area contributed by atoms with E-state index >= 15 is 0 Å². The van der Waals surface area contributed by atoms with Crippen molar-refractivity contribution in [3.8, 4) is 0 Å². The molecule has 6 heteroatoms. The summed E-state index contributed by atoms with van der Waals surface area (Å²) < 4.78 is 10.4. The predicted molar refractivity (Wildman–Crippen MR) is 77.6 cm³/mol. The number of anilines is 2. The molecule has 0 saturated heterocycles. The van der Waals surface area contributed by atoms with Crippen LogP contribution in [0.15, 0.2) is 29.1 Å². The molecule has 0 amide bonds. The molecule has 0 atom stereocenters. The fourth-order valence-electron chi connectivity index (χ4n) is 1.70. The van der Waals surface area contributed by atoms with Crippen LogP contribution in [-0.4, -0.2) is 23.1 Å². The zero-order valence-corrected chi connectivity index (χ0v) is 11.8. The summed E-state index contributed by atoms with van der Waals surface area (Å²) in [4.78, 5) is 8.83. The van der Waals surface area contributed by atoms with Crippen LogP contribution in [0.3, 0.4) is 0 Å². The summed E-state index contributed by atoms with van der Waals surface area (Å²) in [6.45, 7) is 6.51. The van der Waals surface area contributed by atoms with Crippen LogP contribution >= 0.6 is 0 Å². The van der Waals surface area contributed by atoms with Gasteiger partial charge in [-0.05, 0) is 19.9 Å². The van der Waals surface area contributed by atoms with Crippen LogP contribution in [0.25, 0.3) is 0 Å². The average molecular weight is 276 g/mol. The van der Waals surface area contributed by atoms with Gasteiger partial charge in [-0.15, -0.1) is 0 Å². The molecule has 2 N–H and O–H groups in total. The molecule has 0 aliphatic carbocycles. The lowest BCUT2D eigenvalue weighted by molar-refractivity contribution is 0.128. The van der Waals surface area contributed by atoms with E-state index in [1.54, 1.807) is 12.5 Å². The Hall–Kier alpha value is -2.08. The Kier molecular flexibility index (Phi) is 5.37. The molecule has 0 aliphatic heterocycles. The number of rotatable bonds is 8. The Bertz CT molecular complexity index is 514. The van der Waals surface area contributed by atoms with Gasteiger partial charge in [0.25, 0.3) is 0 Å². The lowest BCUT2D eigenvalue weighted by Crippen LogP contribution is -2.09. The third kappa shape index (κ3) is 4.24. The molecular weight excluding hydrogens is 256 g/mol. The molecule has 2 aromatic heterocycles. The first-order valence-electron chi connectivity index (χ1n) is 6.76. The summed E-state index contributed by atoms with van der Waals surface area (Å²) in [5.41, 5.74) is 1.07. The standard InChI is InChI=1S/C14H20N4O2/c1-3-15-12-7-13(16-8-11-5-6-20-9-11)18-14(17-12)10-19-4-2/h5-7,9H,3-4,8,10H2,1-2H3,(H2,15,16,17,18). The predicted octanol–water partition coefficient (Wildman–Crippen LogP) is 2.65. The van der Waals surface area contributed by atoms with E-state index in [1.807, 2.05) is 26.0 Å². The number of aromatic nitrogens is 2. The van der Waals surface area contributed by atoms with Crippen molar-refractivity contribution >= 4 is 11.6 Å². The first-order valence-corrected chi connectivity index (χ1v) is 6.76. The van der Waals surface area contributed by atoms with Crippen LogP contribution in [0.2, 0.25) is 0 Å². The van der Waals surface area contributed by atoms with E-state index in [2.05, 4.69) is 20.6 Å². The molecule has 0 bridgehead atoms. The maximum absolute atomic E-state index is 5.36. The average Bonchev–Trinajstić information content (AvgIpc) is 2.96. The lowest BCUT2D eigenvalue weighted by Gasteiger charge is -2.10. The normalized spacial score (nSPS) is 10.5. The van der Waals surface area contributed by atoms with E-state index in [9.17, 15) is 0 Å². The molecule has 108 valence electrons. The number of ether oxygens (including phenoxy) is 1. The molecule has 2 heterocycles. The van der Waals surface area contributed by atoms with Crippen LogP contribution in [0.5, 0.6) is 0 Å². The molecule has 0 radical (unpaired) electrons. The van der Waals surface area contributed by atoms with E-state index in [0.29, 0.717) is 25.6 Å². The van der Waals surface area contributed by atoms with Crippen molar-refractivity contribution in [3.63, 3.8) is 0 Å². The molecule has 0 saturated carbocycles. The number of nitrogens with one attached hydrogen (secondary N) is 2. The minimum Gasteiger partial charge on any atom is -0.472 e. The molecule has 0 aromatic carbocycles. The Balaban J connectivity index is 2.06. The third-order valence-electron chi connectivity index (χ3n) is 2.62.